The van der Waals surface area contributed by atoms with Crippen LogP contribution in [0.15, 0.2) is 23.3 Å². The van der Waals surface area contributed by atoms with Crippen LogP contribution in [0.25, 0.3) is 0 Å². The SMILES string of the molecule is COc1nc(NN2C(=O)C(C)=C(C)C2=O)ccc1C(F)(F)F. The van der Waals surface area contributed by atoms with Gasteiger partial charge in [-0.2, -0.15) is 23.2 Å². The van der Waals surface area contributed by atoms with Gasteiger partial charge in [0.1, 0.15) is 11.4 Å². The summed E-state index contributed by atoms with van der Waals surface area (Å²) in [7, 11) is 1.05. The summed E-state index contributed by atoms with van der Waals surface area (Å²) in [5, 5.41) is 0.694. The molecule has 1 aromatic heterocycles. The Kier molecular flexibility index (Phi) is 3.82. The van der Waals surface area contributed by atoms with Gasteiger partial charge in [-0.25, -0.2) is 0 Å². The van der Waals surface area contributed by atoms with Gasteiger partial charge < -0.3 is 4.74 Å². The van der Waals surface area contributed by atoms with E-state index in [1.165, 1.54) is 13.8 Å². The molecule has 1 aliphatic heterocycles. The first-order valence-corrected chi connectivity index (χ1v) is 6.12. The Labute approximate surface area is 123 Å². The molecule has 0 atom stereocenters. The fraction of sp³-hybridized carbons (Fsp3) is 0.308. The van der Waals surface area contributed by atoms with Crippen LogP contribution in [0.2, 0.25) is 0 Å². The number of carbonyl (C=O) groups excluding carboxylic acids is 2. The second kappa shape index (κ2) is 5.32. The maximum Gasteiger partial charge on any atom is 0.421 e. The largest absolute Gasteiger partial charge is 0.481 e. The average Bonchev–Trinajstić information content (AvgIpc) is 2.64. The number of methoxy groups -OCH3 is 1. The topological polar surface area (TPSA) is 71.5 Å². The number of pyridine rings is 1. The van der Waals surface area contributed by atoms with Crippen molar-refractivity contribution in [2.45, 2.75) is 20.0 Å². The van der Waals surface area contributed by atoms with Gasteiger partial charge in [0.15, 0.2) is 0 Å². The van der Waals surface area contributed by atoms with Crippen LogP contribution in [0.5, 0.6) is 5.88 Å². The third-order valence-electron chi connectivity index (χ3n) is 3.20. The van der Waals surface area contributed by atoms with Crippen molar-refractivity contribution in [3.05, 3.63) is 28.8 Å². The summed E-state index contributed by atoms with van der Waals surface area (Å²) in [6.07, 6.45) is -4.62. The van der Waals surface area contributed by atoms with Gasteiger partial charge >= 0.3 is 6.18 Å². The van der Waals surface area contributed by atoms with Gasteiger partial charge in [0.2, 0.25) is 5.88 Å². The van der Waals surface area contributed by atoms with E-state index in [4.69, 9.17) is 0 Å². The molecule has 0 saturated carbocycles. The lowest BCUT2D eigenvalue weighted by Crippen LogP contribution is -2.37. The number of aromatic nitrogens is 1. The van der Waals surface area contributed by atoms with Crippen LogP contribution in [-0.2, 0) is 15.8 Å². The van der Waals surface area contributed by atoms with Gasteiger partial charge in [-0.05, 0) is 26.0 Å². The van der Waals surface area contributed by atoms with Crippen molar-refractivity contribution in [1.29, 1.82) is 0 Å². The van der Waals surface area contributed by atoms with Crippen molar-refractivity contribution in [3.8, 4) is 5.88 Å². The zero-order chi connectivity index (χ0) is 16.7. The zero-order valence-electron chi connectivity index (χ0n) is 11.9. The number of imide groups is 1. The van der Waals surface area contributed by atoms with Crippen molar-refractivity contribution in [2.75, 3.05) is 12.5 Å². The molecule has 0 spiro atoms. The highest BCUT2D eigenvalue weighted by atomic mass is 19.4. The standard InChI is InChI=1S/C13H12F3N3O3/c1-6-7(2)12(21)19(11(6)20)18-9-5-4-8(13(14,15)16)10(17-9)22-3/h4-5H,1-3H3,(H,17,18). The first-order valence-electron chi connectivity index (χ1n) is 6.12. The van der Waals surface area contributed by atoms with Crippen molar-refractivity contribution < 1.29 is 27.5 Å². The number of anilines is 1. The van der Waals surface area contributed by atoms with E-state index in [9.17, 15) is 22.8 Å². The number of hydrazine groups is 1. The summed E-state index contributed by atoms with van der Waals surface area (Å²) in [6, 6.07) is 1.77. The highest BCUT2D eigenvalue weighted by molar-refractivity contribution is 6.19. The normalized spacial score (nSPS) is 15.6. The Morgan fingerprint density at radius 2 is 1.68 bits per heavy atom. The summed E-state index contributed by atoms with van der Waals surface area (Å²) in [5.74, 6) is -1.93. The number of nitrogens with one attached hydrogen (secondary N) is 1. The van der Waals surface area contributed by atoms with Gasteiger partial charge in [0.05, 0.1) is 7.11 Å². The van der Waals surface area contributed by atoms with Crippen LogP contribution in [0, 0.1) is 0 Å². The first kappa shape index (κ1) is 15.8. The molecule has 0 unspecified atom stereocenters. The number of rotatable bonds is 3. The lowest BCUT2D eigenvalue weighted by Gasteiger charge is -2.18. The molecule has 0 aromatic carbocycles. The highest BCUT2D eigenvalue weighted by Crippen LogP contribution is 2.35. The summed E-state index contributed by atoms with van der Waals surface area (Å²) < 4.78 is 42.8. The number of amides is 2. The molecule has 2 heterocycles. The second-order valence-electron chi connectivity index (χ2n) is 4.56. The van der Waals surface area contributed by atoms with E-state index in [0.29, 0.717) is 5.01 Å². The van der Waals surface area contributed by atoms with Crippen LogP contribution >= 0.6 is 0 Å². The van der Waals surface area contributed by atoms with E-state index < -0.39 is 29.4 Å². The average molecular weight is 315 g/mol. The number of halogens is 3. The molecule has 0 aliphatic carbocycles. The molecule has 0 fully saturated rings. The molecule has 1 aliphatic rings. The smallest absolute Gasteiger partial charge is 0.421 e. The Balaban J connectivity index is 2.29. The molecule has 6 nitrogen and oxygen atoms in total. The molecule has 0 saturated heterocycles. The number of hydrogen-bond donors (Lipinski definition) is 1. The van der Waals surface area contributed by atoms with Gasteiger partial charge in [-0.3, -0.25) is 15.0 Å². The molecule has 0 radical (unpaired) electrons. The Morgan fingerprint density at radius 1 is 1.14 bits per heavy atom. The molecular formula is C13H12F3N3O3. The fourth-order valence-corrected chi connectivity index (χ4v) is 1.84. The minimum atomic E-state index is -4.62. The number of hydrogen-bond acceptors (Lipinski definition) is 5. The van der Waals surface area contributed by atoms with Crippen LogP contribution in [0.1, 0.15) is 19.4 Å². The maximum absolute atomic E-state index is 12.7. The second-order valence-corrected chi connectivity index (χ2v) is 4.56. The van der Waals surface area contributed by atoms with Crippen molar-refractivity contribution in [2.24, 2.45) is 0 Å². The minimum absolute atomic E-state index is 0.117. The number of alkyl halides is 3. The molecule has 1 N–H and O–H groups in total. The Hall–Kier alpha value is -2.58. The van der Waals surface area contributed by atoms with Crippen LogP contribution in [-0.4, -0.2) is 28.9 Å². The van der Waals surface area contributed by atoms with E-state index in [0.717, 1.165) is 19.2 Å². The van der Waals surface area contributed by atoms with Gasteiger partial charge in [0, 0.05) is 11.1 Å². The van der Waals surface area contributed by atoms with Crippen LogP contribution in [0.4, 0.5) is 19.0 Å². The van der Waals surface area contributed by atoms with Crippen molar-refractivity contribution >= 4 is 17.6 Å². The lowest BCUT2D eigenvalue weighted by atomic mass is 10.2. The lowest BCUT2D eigenvalue weighted by molar-refractivity contribution is -0.139. The zero-order valence-corrected chi connectivity index (χ0v) is 11.9. The summed E-state index contributed by atoms with van der Waals surface area (Å²) >= 11 is 0. The van der Waals surface area contributed by atoms with E-state index in [1.54, 1.807) is 0 Å². The predicted octanol–water partition coefficient (Wildman–Crippen LogP) is 2.14. The third-order valence-corrected chi connectivity index (χ3v) is 3.20. The molecule has 2 amide bonds. The van der Waals surface area contributed by atoms with E-state index >= 15 is 0 Å². The minimum Gasteiger partial charge on any atom is -0.481 e. The number of carbonyl (C=O) groups is 2. The molecular weight excluding hydrogens is 303 g/mol. The van der Waals surface area contributed by atoms with Crippen molar-refractivity contribution in [3.63, 3.8) is 0 Å². The summed E-state index contributed by atoms with van der Waals surface area (Å²) in [5.41, 5.74) is 1.86. The maximum atomic E-state index is 12.7. The highest BCUT2D eigenvalue weighted by Gasteiger charge is 2.37. The first-order chi connectivity index (χ1) is 10.2. The van der Waals surface area contributed by atoms with Gasteiger partial charge in [-0.15, -0.1) is 0 Å². The van der Waals surface area contributed by atoms with E-state index in [1.807, 2.05) is 0 Å². The monoisotopic (exact) mass is 315 g/mol. The van der Waals surface area contributed by atoms with E-state index in [2.05, 4.69) is 15.1 Å². The van der Waals surface area contributed by atoms with E-state index in [-0.39, 0.29) is 17.0 Å². The molecule has 2 rings (SSSR count). The molecule has 22 heavy (non-hydrogen) atoms. The van der Waals surface area contributed by atoms with Gasteiger partial charge in [-0.1, -0.05) is 0 Å². The quantitative estimate of drug-likeness (QED) is 0.865. The molecule has 0 bridgehead atoms. The Bertz CT molecular complexity index is 659. The third kappa shape index (κ3) is 2.61. The fourth-order valence-electron chi connectivity index (χ4n) is 1.84. The summed E-state index contributed by atoms with van der Waals surface area (Å²) in [6.45, 7) is 2.97. The van der Waals surface area contributed by atoms with Gasteiger partial charge in [0.25, 0.3) is 11.8 Å². The van der Waals surface area contributed by atoms with Crippen LogP contribution in [0.3, 0.4) is 0 Å². The molecule has 118 valence electrons. The predicted molar refractivity (Wildman–Crippen MR) is 69.6 cm³/mol. The van der Waals surface area contributed by atoms with Crippen molar-refractivity contribution in [1.82, 2.24) is 9.99 Å². The van der Waals surface area contributed by atoms with Crippen LogP contribution < -0.4 is 10.2 Å². The molecule has 9 heteroatoms. The summed E-state index contributed by atoms with van der Waals surface area (Å²) in [4.78, 5) is 27.3. The number of nitrogens with zero attached hydrogens (tertiary/aromatic N) is 2. The molecule has 1 aromatic rings. The number of ether oxygens (including phenoxy) is 1. The Morgan fingerprint density at radius 3 is 2.14 bits per heavy atom.